The Morgan fingerprint density at radius 3 is 3.10 bits per heavy atom. The van der Waals surface area contributed by atoms with E-state index in [0.717, 1.165) is 13.0 Å². The highest BCUT2D eigenvalue weighted by Crippen LogP contribution is 2.32. The Morgan fingerprint density at radius 1 is 1.40 bits per heavy atom. The minimum absolute atomic E-state index is 0.125. The maximum Gasteiger partial charge on any atom is 0.234 e. The van der Waals surface area contributed by atoms with Gasteiger partial charge < -0.3 is 5.32 Å². The molecule has 1 N–H and O–H groups in total. The number of nitrogens with zero attached hydrogens (tertiary/aromatic N) is 1. The molecule has 3 rings (SSSR count). The van der Waals surface area contributed by atoms with E-state index >= 15 is 0 Å². The predicted molar refractivity (Wildman–Crippen MR) is 84.0 cm³/mol. The molecule has 5 heteroatoms. The van der Waals surface area contributed by atoms with Crippen molar-refractivity contribution >= 4 is 28.6 Å². The first-order valence-electron chi connectivity index (χ1n) is 6.88. The van der Waals surface area contributed by atoms with Crippen LogP contribution in [0.2, 0.25) is 0 Å². The molecule has 0 bridgehead atoms. The van der Waals surface area contributed by atoms with E-state index in [2.05, 4.69) is 33.1 Å². The first-order chi connectivity index (χ1) is 9.83. The average Bonchev–Trinajstić information content (AvgIpc) is 3.18. The summed E-state index contributed by atoms with van der Waals surface area (Å²) in [5.74, 6) is 0.125. The zero-order chi connectivity index (χ0) is 13.8. The Balaban J connectivity index is 1.52. The van der Waals surface area contributed by atoms with Crippen LogP contribution in [0, 0.1) is 0 Å². The fourth-order valence-corrected chi connectivity index (χ4v) is 4.05. The third kappa shape index (κ3) is 3.29. The SMILES string of the molecule is O=C(CN1CCC[C@@H]1c1ccsc1)NCc1cccs1. The van der Waals surface area contributed by atoms with Crippen LogP contribution in [0.3, 0.4) is 0 Å². The normalized spacial score (nSPS) is 19.3. The lowest BCUT2D eigenvalue weighted by Gasteiger charge is -2.23. The van der Waals surface area contributed by atoms with Gasteiger partial charge in [0.05, 0.1) is 13.1 Å². The van der Waals surface area contributed by atoms with E-state index in [-0.39, 0.29) is 5.91 Å². The van der Waals surface area contributed by atoms with Gasteiger partial charge >= 0.3 is 0 Å². The first kappa shape index (κ1) is 13.8. The Labute approximate surface area is 127 Å². The third-order valence-corrected chi connectivity index (χ3v) is 5.26. The molecule has 1 aliphatic heterocycles. The highest BCUT2D eigenvalue weighted by atomic mass is 32.1. The number of amides is 1. The molecule has 20 heavy (non-hydrogen) atoms. The summed E-state index contributed by atoms with van der Waals surface area (Å²) < 4.78 is 0. The molecule has 1 amide bonds. The number of carbonyl (C=O) groups excluding carboxylic acids is 1. The molecule has 0 spiro atoms. The maximum atomic E-state index is 12.1. The molecule has 0 unspecified atom stereocenters. The number of thiophene rings is 2. The van der Waals surface area contributed by atoms with E-state index in [4.69, 9.17) is 0 Å². The summed E-state index contributed by atoms with van der Waals surface area (Å²) in [6.45, 7) is 2.17. The minimum Gasteiger partial charge on any atom is -0.350 e. The zero-order valence-corrected chi connectivity index (χ0v) is 12.9. The van der Waals surface area contributed by atoms with Crippen molar-refractivity contribution in [3.05, 3.63) is 44.8 Å². The molecule has 1 atom stereocenters. The van der Waals surface area contributed by atoms with Gasteiger partial charge in [0, 0.05) is 10.9 Å². The van der Waals surface area contributed by atoms with Gasteiger partial charge in [0.2, 0.25) is 5.91 Å². The van der Waals surface area contributed by atoms with Crippen LogP contribution in [0.4, 0.5) is 0 Å². The van der Waals surface area contributed by atoms with Gasteiger partial charge in [-0.05, 0) is 53.2 Å². The molecular weight excluding hydrogens is 288 g/mol. The van der Waals surface area contributed by atoms with Crippen molar-refractivity contribution in [2.45, 2.75) is 25.4 Å². The largest absolute Gasteiger partial charge is 0.350 e. The topological polar surface area (TPSA) is 32.3 Å². The number of hydrogen-bond donors (Lipinski definition) is 1. The van der Waals surface area contributed by atoms with Gasteiger partial charge in [0.25, 0.3) is 0 Å². The van der Waals surface area contributed by atoms with Crippen molar-refractivity contribution in [1.82, 2.24) is 10.2 Å². The van der Waals surface area contributed by atoms with Crippen molar-refractivity contribution in [1.29, 1.82) is 0 Å². The maximum absolute atomic E-state index is 12.1. The highest BCUT2D eigenvalue weighted by Gasteiger charge is 2.27. The van der Waals surface area contributed by atoms with Crippen molar-refractivity contribution in [3.8, 4) is 0 Å². The zero-order valence-electron chi connectivity index (χ0n) is 11.2. The van der Waals surface area contributed by atoms with E-state index in [1.807, 2.05) is 11.4 Å². The van der Waals surface area contributed by atoms with E-state index < -0.39 is 0 Å². The molecule has 0 aromatic carbocycles. The van der Waals surface area contributed by atoms with E-state index in [9.17, 15) is 4.79 Å². The van der Waals surface area contributed by atoms with Crippen molar-refractivity contribution in [2.24, 2.45) is 0 Å². The van der Waals surface area contributed by atoms with Gasteiger partial charge in [0.1, 0.15) is 0 Å². The lowest BCUT2D eigenvalue weighted by Crippen LogP contribution is -2.36. The highest BCUT2D eigenvalue weighted by molar-refractivity contribution is 7.09. The van der Waals surface area contributed by atoms with Crippen molar-refractivity contribution in [3.63, 3.8) is 0 Å². The smallest absolute Gasteiger partial charge is 0.234 e. The number of hydrogen-bond acceptors (Lipinski definition) is 4. The number of rotatable bonds is 5. The monoisotopic (exact) mass is 306 g/mol. The van der Waals surface area contributed by atoms with Gasteiger partial charge in [-0.3, -0.25) is 9.69 Å². The third-order valence-electron chi connectivity index (χ3n) is 3.68. The van der Waals surface area contributed by atoms with Crippen LogP contribution in [0.15, 0.2) is 34.3 Å². The summed E-state index contributed by atoms with van der Waals surface area (Å²) in [5, 5.41) is 9.36. The Bertz CT molecular complexity index is 536. The summed E-state index contributed by atoms with van der Waals surface area (Å²) in [6, 6.07) is 6.67. The van der Waals surface area contributed by atoms with Crippen molar-refractivity contribution < 1.29 is 4.79 Å². The van der Waals surface area contributed by atoms with Crippen LogP contribution in [-0.2, 0) is 11.3 Å². The Kier molecular flexibility index (Phi) is 4.50. The second-order valence-corrected chi connectivity index (χ2v) is 6.85. The number of carbonyl (C=O) groups is 1. The number of nitrogens with one attached hydrogen (secondary N) is 1. The van der Waals surface area contributed by atoms with Gasteiger partial charge in [-0.15, -0.1) is 11.3 Å². The average molecular weight is 306 g/mol. The standard InChI is InChI=1S/C15H18N2OS2/c18-15(16-9-13-3-2-7-20-13)10-17-6-1-4-14(17)12-5-8-19-11-12/h2-3,5,7-8,11,14H,1,4,6,9-10H2,(H,16,18)/t14-/m1/s1. The van der Waals surface area contributed by atoms with E-state index in [0.29, 0.717) is 19.1 Å². The second kappa shape index (κ2) is 6.52. The lowest BCUT2D eigenvalue weighted by atomic mass is 10.1. The van der Waals surface area contributed by atoms with Crippen LogP contribution in [0.1, 0.15) is 29.3 Å². The van der Waals surface area contributed by atoms with Crippen LogP contribution >= 0.6 is 22.7 Å². The van der Waals surface area contributed by atoms with Gasteiger partial charge in [-0.2, -0.15) is 11.3 Å². The molecule has 1 aliphatic rings. The van der Waals surface area contributed by atoms with Gasteiger partial charge in [-0.1, -0.05) is 6.07 Å². The molecule has 106 valence electrons. The molecule has 0 radical (unpaired) electrons. The second-order valence-electron chi connectivity index (χ2n) is 5.04. The van der Waals surface area contributed by atoms with Gasteiger partial charge in [0.15, 0.2) is 0 Å². The molecule has 0 aliphatic carbocycles. The van der Waals surface area contributed by atoms with Crippen LogP contribution < -0.4 is 5.32 Å². The molecule has 3 nitrogen and oxygen atoms in total. The molecule has 1 saturated heterocycles. The Hall–Kier alpha value is -1.17. The quantitative estimate of drug-likeness (QED) is 0.919. The summed E-state index contributed by atoms with van der Waals surface area (Å²) in [4.78, 5) is 15.6. The summed E-state index contributed by atoms with van der Waals surface area (Å²) in [7, 11) is 0. The van der Waals surface area contributed by atoms with Crippen LogP contribution in [-0.4, -0.2) is 23.9 Å². The Morgan fingerprint density at radius 2 is 2.35 bits per heavy atom. The summed E-state index contributed by atoms with van der Waals surface area (Å²) >= 11 is 3.41. The predicted octanol–water partition coefficient (Wildman–Crippen LogP) is 3.26. The molecule has 2 aromatic rings. The lowest BCUT2D eigenvalue weighted by molar-refractivity contribution is -0.122. The summed E-state index contributed by atoms with van der Waals surface area (Å²) in [5.41, 5.74) is 1.36. The van der Waals surface area contributed by atoms with Crippen molar-refractivity contribution in [2.75, 3.05) is 13.1 Å². The van der Waals surface area contributed by atoms with E-state index in [1.54, 1.807) is 22.7 Å². The minimum atomic E-state index is 0.125. The molecule has 3 heterocycles. The molecule has 2 aromatic heterocycles. The van der Waals surface area contributed by atoms with Crippen LogP contribution in [0.25, 0.3) is 0 Å². The number of likely N-dealkylation sites (tertiary alicyclic amines) is 1. The van der Waals surface area contributed by atoms with Crippen LogP contribution in [0.5, 0.6) is 0 Å². The van der Waals surface area contributed by atoms with Gasteiger partial charge in [-0.25, -0.2) is 0 Å². The van der Waals surface area contributed by atoms with E-state index in [1.165, 1.54) is 16.9 Å². The fraction of sp³-hybridized carbons (Fsp3) is 0.400. The molecule has 0 saturated carbocycles. The molecule has 1 fully saturated rings. The molecular formula is C15H18N2OS2. The summed E-state index contributed by atoms with van der Waals surface area (Å²) in [6.07, 6.45) is 2.34. The first-order valence-corrected chi connectivity index (χ1v) is 8.70. The fourth-order valence-electron chi connectivity index (χ4n) is 2.70.